The van der Waals surface area contributed by atoms with Crippen molar-refractivity contribution in [1.29, 1.82) is 0 Å². The Morgan fingerprint density at radius 2 is 1.95 bits per heavy atom. The van der Waals surface area contributed by atoms with Crippen molar-refractivity contribution in [2.75, 3.05) is 13.7 Å². The third kappa shape index (κ3) is 5.57. The lowest BCUT2D eigenvalue weighted by molar-refractivity contribution is -0.137. The van der Waals surface area contributed by atoms with Crippen LogP contribution in [0, 0.1) is 5.82 Å². The van der Waals surface area contributed by atoms with Crippen molar-refractivity contribution in [3.8, 4) is 0 Å². The second-order valence-corrected chi connectivity index (χ2v) is 4.41. The molecule has 0 amide bonds. The quantitative estimate of drug-likeness (QED) is 0.806. The average Bonchev–Trinajstić information content (AvgIpc) is 2.32. The predicted octanol–water partition coefficient (Wildman–Crippen LogP) is 3.36. The highest BCUT2D eigenvalue weighted by atomic mass is 19.4. The van der Waals surface area contributed by atoms with Gasteiger partial charge in [0.1, 0.15) is 5.82 Å². The molecular weight excluding hydrogens is 262 g/mol. The highest BCUT2D eigenvalue weighted by Gasteiger charge is 2.31. The normalized spacial score (nSPS) is 13.6. The first kappa shape index (κ1) is 15.9. The van der Waals surface area contributed by atoms with Crippen molar-refractivity contribution < 1.29 is 22.3 Å². The van der Waals surface area contributed by atoms with E-state index in [2.05, 4.69) is 5.32 Å². The number of halogens is 4. The molecule has 0 radical (unpaired) electrons. The lowest BCUT2D eigenvalue weighted by atomic mass is 10.1. The van der Waals surface area contributed by atoms with Gasteiger partial charge in [0, 0.05) is 26.3 Å². The Hall–Kier alpha value is -1.14. The molecule has 1 atom stereocenters. The lowest BCUT2D eigenvalue weighted by Gasteiger charge is -2.14. The Morgan fingerprint density at radius 1 is 1.26 bits per heavy atom. The molecule has 0 heterocycles. The van der Waals surface area contributed by atoms with Gasteiger partial charge in [-0.05, 0) is 37.1 Å². The van der Waals surface area contributed by atoms with Crippen molar-refractivity contribution in [3.63, 3.8) is 0 Å². The molecule has 0 fully saturated rings. The Morgan fingerprint density at radius 3 is 2.53 bits per heavy atom. The summed E-state index contributed by atoms with van der Waals surface area (Å²) >= 11 is 0. The molecule has 0 saturated carbocycles. The van der Waals surface area contributed by atoms with Gasteiger partial charge in [0.15, 0.2) is 0 Å². The molecule has 0 saturated heterocycles. The number of nitrogens with one attached hydrogen (secondary N) is 1. The molecule has 0 aromatic heterocycles. The molecule has 1 unspecified atom stereocenters. The van der Waals surface area contributed by atoms with Crippen LogP contribution in [0.15, 0.2) is 18.2 Å². The van der Waals surface area contributed by atoms with Crippen molar-refractivity contribution in [2.45, 2.75) is 32.1 Å². The van der Waals surface area contributed by atoms with E-state index in [4.69, 9.17) is 4.74 Å². The molecule has 108 valence electrons. The van der Waals surface area contributed by atoms with Crippen LogP contribution in [0.3, 0.4) is 0 Å². The maximum absolute atomic E-state index is 13.1. The SMILES string of the molecule is COCCC(C)NCc1cc(F)cc(C(F)(F)F)c1. The van der Waals surface area contributed by atoms with E-state index >= 15 is 0 Å². The Bertz CT molecular complexity index is 406. The molecule has 1 rings (SSSR count). The van der Waals surface area contributed by atoms with Crippen molar-refractivity contribution in [1.82, 2.24) is 5.32 Å². The second kappa shape index (κ2) is 6.86. The van der Waals surface area contributed by atoms with E-state index in [1.165, 1.54) is 0 Å². The Labute approximate surface area is 109 Å². The fourth-order valence-corrected chi connectivity index (χ4v) is 1.60. The zero-order chi connectivity index (χ0) is 14.5. The molecule has 0 aliphatic heterocycles. The summed E-state index contributed by atoms with van der Waals surface area (Å²) in [6.45, 7) is 2.64. The number of alkyl halides is 3. The smallest absolute Gasteiger partial charge is 0.385 e. The average molecular weight is 279 g/mol. The van der Waals surface area contributed by atoms with E-state index in [1.807, 2.05) is 6.92 Å². The van der Waals surface area contributed by atoms with E-state index in [0.29, 0.717) is 12.7 Å². The summed E-state index contributed by atoms with van der Waals surface area (Å²) in [6, 6.07) is 2.64. The maximum Gasteiger partial charge on any atom is 0.416 e. The molecule has 1 aromatic rings. The molecule has 0 spiro atoms. The van der Waals surface area contributed by atoms with Gasteiger partial charge in [0.2, 0.25) is 0 Å². The van der Waals surface area contributed by atoms with Crippen LogP contribution >= 0.6 is 0 Å². The number of ether oxygens (including phenoxy) is 1. The zero-order valence-electron chi connectivity index (χ0n) is 10.9. The number of benzene rings is 1. The predicted molar refractivity (Wildman–Crippen MR) is 64.2 cm³/mol. The number of methoxy groups -OCH3 is 1. The van der Waals surface area contributed by atoms with Gasteiger partial charge in [0.25, 0.3) is 0 Å². The van der Waals surface area contributed by atoms with Gasteiger partial charge >= 0.3 is 6.18 Å². The van der Waals surface area contributed by atoms with Gasteiger partial charge in [-0.1, -0.05) is 0 Å². The zero-order valence-corrected chi connectivity index (χ0v) is 10.9. The number of rotatable bonds is 6. The minimum absolute atomic E-state index is 0.0811. The molecule has 2 nitrogen and oxygen atoms in total. The minimum atomic E-state index is -4.53. The molecule has 1 N–H and O–H groups in total. The van der Waals surface area contributed by atoms with Crippen molar-refractivity contribution in [3.05, 3.63) is 35.1 Å². The van der Waals surface area contributed by atoms with Crippen LogP contribution in [0.1, 0.15) is 24.5 Å². The van der Waals surface area contributed by atoms with Crippen LogP contribution in [-0.2, 0) is 17.5 Å². The molecule has 0 aliphatic rings. The van der Waals surface area contributed by atoms with Crippen LogP contribution in [-0.4, -0.2) is 19.8 Å². The van der Waals surface area contributed by atoms with Gasteiger partial charge < -0.3 is 10.1 Å². The Kier molecular flexibility index (Phi) is 5.75. The van der Waals surface area contributed by atoms with E-state index < -0.39 is 17.6 Å². The maximum atomic E-state index is 13.1. The van der Waals surface area contributed by atoms with E-state index in [9.17, 15) is 17.6 Å². The standard InChI is InChI=1S/C13H17F4NO/c1-9(3-4-19-2)18-8-10-5-11(13(15,16)17)7-12(14)6-10/h5-7,9,18H,3-4,8H2,1-2H3. The number of hydrogen-bond donors (Lipinski definition) is 1. The first-order valence-corrected chi connectivity index (χ1v) is 5.92. The summed E-state index contributed by atoms with van der Waals surface area (Å²) in [5, 5.41) is 3.03. The minimum Gasteiger partial charge on any atom is -0.385 e. The molecule has 6 heteroatoms. The molecule has 0 bridgehead atoms. The Balaban J connectivity index is 2.66. The fraction of sp³-hybridized carbons (Fsp3) is 0.538. The molecule has 0 aliphatic carbocycles. The highest BCUT2D eigenvalue weighted by molar-refractivity contribution is 5.26. The first-order chi connectivity index (χ1) is 8.82. The molecule has 19 heavy (non-hydrogen) atoms. The highest BCUT2D eigenvalue weighted by Crippen LogP contribution is 2.30. The van der Waals surface area contributed by atoms with E-state index in [1.54, 1.807) is 7.11 Å². The van der Waals surface area contributed by atoms with Crippen LogP contribution in [0.2, 0.25) is 0 Å². The van der Waals surface area contributed by atoms with Crippen LogP contribution < -0.4 is 5.32 Å². The van der Waals surface area contributed by atoms with Gasteiger partial charge in [-0.25, -0.2) is 4.39 Å². The van der Waals surface area contributed by atoms with Crippen LogP contribution in [0.25, 0.3) is 0 Å². The molecule has 1 aromatic carbocycles. The van der Waals surface area contributed by atoms with Crippen LogP contribution in [0.4, 0.5) is 17.6 Å². The largest absolute Gasteiger partial charge is 0.416 e. The third-order valence-corrected chi connectivity index (χ3v) is 2.69. The van der Waals surface area contributed by atoms with Gasteiger partial charge in [0.05, 0.1) is 5.56 Å². The number of hydrogen-bond acceptors (Lipinski definition) is 2. The third-order valence-electron chi connectivity index (χ3n) is 2.69. The van der Waals surface area contributed by atoms with Crippen LogP contribution in [0.5, 0.6) is 0 Å². The molecular formula is C13H17F4NO. The summed E-state index contributed by atoms with van der Waals surface area (Å²) in [7, 11) is 1.58. The lowest BCUT2D eigenvalue weighted by Crippen LogP contribution is -2.26. The van der Waals surface area contributed by atoms with Crippen molar-refractivity contribution in [2.24, 2.45) is 0 Å². The first-order valence-electron chi connectivity index (χ1n) is 5.92. The van der Waals surface area contributed by atoms with Gasteiger partial charge in [-0.15, -0.1) is 0 Å². The second-order valence-electron chi connectivity index (χ2n) is 4.41. The van der Waals surface area contributed by atoms with E-state index in [-0.39, 0.29) is 18.2 Å². The summed E-state index contributed by atoms with van der Waals surface area (Å²) in [6.07, 6.45) is -3.80. The van der Waals surface area contributed by atoms with Crippen molar-refractivity contribution >= 4 is 0 Å². The van der Waals surface area contributed by atoms with Gasteiger partial charge in [-0.3, -0.25) is 0 Å². The fourth-order valence-electron chi connectivity index (χ4n) is 1.60. The summed E-state index contributed by atoms with van der Waals surface area (Å²) in [5.74, 6) is -0.879. The van der Waals surface area contributed by atoms with Gasteiger partial charge in [-0.2, -0.15) is 13.2 Å². The monoisotopic (exact) mass is 279 g/mol. The van der Waals surface area contributed by atoms with E-state index in [0.717, 1.165) is 18.6 Å². The summed E-state index contributed by atoms with van der Waals surface area (Å²) in [4.78, 5) is 0. The topological polar surface area (TPSA) is 21.3 Å². The summed E-state index contributed by atoms with van der Waals surface area (Å²) < 4.78 is 55.6. The summed E-state index contributed by atoms with van der Waals surface area (Å²) in [5.41, 5.74) is -0.689.